The molecule has 0 bridgehead atoms. The number of esters is 1. The standard InChI is InChI=1S/C34H52BFN6O6/c1-9-26-34(7)28(42(31(45)48-34)17-13-12-16-41-20-25(39-40-41)24-14-10-11-15-37-24)23(4)38-19-21(2)18-32(5,46-8)27(35)22(3)29(43)33(6,36)30(44)47-26/h10-11,14-15,20-23,26-28,38H,9,12-13,16-19,35H2,1-8H3/t21-,22-,23-,26-,27-,28-,32-,33+,34-/m1/s1. The number of alkyl halides is 1. The number of aromatic nitrogens is 4. The van der Waals surface area contributed by atoms with Crippen molar-refractivity contribution in [3.8, 4) is 11.4 Å². The number of halogens is 1. The molecule has 0 radical (unpaired) electrons. The Morgan fingerprint density at radius 1 is 1.10 bits per heavy atom. The summed E-state index contributed by atoms with van der Waals surface area (Å²) in [5, 5.41) is 12.1. The van der Waals surface area contributed by atoms with Crippen LogP contribution in [0.5, 0.6) is 0 Å². The topological polar surface area (TPSA) is 138 Å². The largest absolute Gasteiger partial charge is 0.455 e. The number of nitrogens with zero attached hydrogens (tertiary/aromatic N) is 5. The molecule has 2 fully saturated rings. The zero-order valence-electron chi connectivity index (χ0n) is 29.9. The Morgan fingerprint density at radius 2 is 1.81 bits per heavy atom. The van der Waals surface area contributed by atoms with E-state index in [2.05, 4.69) is 27.5 Å². The van der Waals surface area contributed by atoms with Crippen LogP contribution in [0.25, 0.3) is 11.4 Å². The van der Waals surface area contributed by atoms with Gasteiger partial charge in [-0.3, -0.25) is 19.4 Å². The maximum Gasteiger partial charge on any atom is 0.410 e. The van der Waals surface area contributed by atoms with Gasteiger partial charge in [0.1, 0.15) is 19.6 Å². The van der Waals surface area contributed by atoms with Gasteiger partial charge < -0.3 is 19.5 Å². The van der Waals surface area contributed by atoms with Gasteiger partial charge in [-0.1, -0.05) is 32.1 Å². The summed E-state index contributed by atoms with van der Waals surface area (Å²) in [4.78, 5) is 46.6. The Hall–Kier alpha value is -3.39. The summed E-state index contributed by atoms with van der Waals surface area (Å²) < 4.78 is 35.8. The maximum absolute atomic E-state index is 16.2. The minimum absolute atomic E-state index is 0.0975. The van der Waals surface area contributed by atoms with Crippen LogP contribution in [-0.2, 0) is 30.3 Å². The molecule has 2 aliphatic heterocycles. The number of hydrogen-bond acceptors (Lipinski definition) is 10. The van der Waals surface area contributed by atoms with Crippen molar-refractivity contribution in [1.29, 1.82) is 0 Å². The molecule has 48 heavy (non-hydrogen) atoms. The lowest BCUT2D eigenvalue weighted by atomic mass is 9.62. The van der Waals surface area contributed by atoms with Crippen LogP contribution >= 0.6 is 0 Å². The van der Waals surface area contributed by atoms with E-state index in [1.807, 2.05) is 46.1 Å². The number of unbranched alkanes of at least 4 members (excludes halogenated alkanes) is 1. The van der Waals surface area contributed by atoms with Gasteiger partial charge in [-0.15, -0.1) is 5.10 Å². The molecular formula is C34H52BFN6O6. The van der Waals surface area contributed by atoms with Crippen LogP contribution in [-0.4, -0.2) is 106 Å². The third kappa shape index (κ3) is 7.59. The van der Waals surface area contributed by atoms with Crippen molar-refractivity contribution in [1.82, 2.24) is 30.2 Å². The normalized spacial score (nSPS) is 35.4. The molecule has 264 valence electrons. The molecule has 12 nitrogen and oxygen atoms in total. The van der Waals surface area contributed by atoms with E-state index in [4.69, 9.17) is 14.2 Å². The van der Waals surface area contributed by atoms with E-state index >= 15 is 4.39 Å². The third-order valence-electron chi connectivity index (χ3n) is 10.7. The molecule has 9 atom stereocenters. The SMILES string of the molecule is B[C@@H]1[C@@H](C)C(=O)[C@](C)(F)C(=O)O[C@H](CC)[C@@]2(C)OC(=O)N(CCCCn3cc(-c4ccccn4)nn3)[C@@H]2[C@@H](C)NC[C@H](C)C[C@@]1(C)OC. The number of fused-ring (bicyclic) bond motifs is 1. The lowest BCUT2D eigenvalue weighted by molar-refractivity contribution is -0.179. The summed E-state index contributed by atoms with van der Waals surface area (Å²) in [5.41, 5.74) is -3.57. The quantitative estimate of drug-likeness (QED) is 0.191. The monoisotopic (exact) mass is 670 g/mol. The van der Waals surface area contributed by atoms with Gasteiger partial charge in [-0.25, -0.2) is 14.0 Å². The highest BCUT2D eigenvalue weighted by molar-refractivity contribution is 6.17. The molecule has 2 aromatic heterocycles. The molecule has 14 heteroatoms. The number of ether oxygens (including phenoxy) is 3. The highest BCUT2D eigenvalue weighted by atomic mass is 19.1. The molecule has 4 rings (SSSR count). The zero-order chi connectivity index (χ0) is 35.4. The van der Waals surface area contributed by atoms with Gasteiger partial charge in [0.2, 0.25) is 0 Å². The summed E-state index contributed by atoms with van der Waals surface area (Å²) in [6, 6.07) is 4.76. The van der Waals surface area contributed by atoms with Gasteiger partial charge in [0.05, 0.1) is 23.5 Å². The fourth-order valence-corrected chi connectivity index (χ4v) is 7.43. The Labute approximate surface area is 284 Å². The smallest absolute Gasteiger partial charge is 0.410 e. The highest BCUT2D eigenvalue weighted by Crippen LogP contribution is 2.41. The second kappa shape index (κ2) is 15.0. The number of cyclic esters (lactones) is 1. The van der Waals surface area contributed by atoms with Gasteiger partial charge in [0.25, 0.3) is 5.67 Å². The number of carbonyl (C=O) groups is 3. The molecule has 0 aromatic carbocycles. The molecule has 2 aliphatic rings. The van der Waals surface area contributed by atoms with Crippen LogP contribution in [0.3, 0.4) is 0 Å². The molecule has 0 aliphatic carbocycles. The summed E-state index contributed by atoms with van der Waals surface area (Å²) in [5.74, 6) is -3.27. The molecular weight excluding hydrogens is 618 g/mol. The molecule has 2 aromatic rings. The van der Waals surface area contributed by atoms with Crippen LogP contribution in [0.4, 0.5) is 9.18 Å². The Bertz CT molecular complexity index is 1430. The van der Waals surface area contributed by atoms with Gasteiger partial charge in [-0.05, 0) is 83.8 Å². The summed E-state index contributed by atoms with van der Waals surface area (Å²) in [7, 11) is 3.45. The van der Waals surface area contributed by atoms with E-state index in [9.17, 15) is 14.4 Å². The predicted molar refractivity (Wildman–Crippen MR) is 181 cm³/mol. The van der Waals surface area contributed by atoms with Crippen LogP contribution < -0.4 is 5.32 Å². The second-order valence-electron chi connectivity index (χ2n) is 14.2. The number of aryl methyl sites for hydroxylation is 1. The Kier molecular flexibility index (Phi) is 11.7. The first-order chi connectivity index (χ1) is 22.6. The van der Waals surface area contributed by atoms with Crippen molar-refractivity contribution in [3.05, 3.63) is 30.6 Å². The molecule has 0 saturated carbocycles. The lowest BCUT2D eigenvalue weighted by Crippen LogP contribution is -2.61. The van der Waals surface area contributed by atoms with Crippen molar-refractivity contribution in [2.45, 2.75) is 122 Å². The van der Waals surface area contributed by atoms with E-state index in [-0.39, 0.29) is 18.4 Å². The van der Waals surface area contributed by atoms with Gasteiger partial charge >= 0.3 is 12.1 Å². The number of rotatable bonds is 8. The average molecular weight is 671 g/mol. The van der Waals surface area contributed by atoms with Gasteiger partial charge in [-0.2, -0.15) is 0 Å². The van der Waals surface area contributed by atoms with Crippen molar-refractivity contribution < 1.29 is 33.0 Å². The number of amides is 1. The minimum Gasteiger partial charge on any atom is -0.455 e. The zero-order valence-corrected chi connectivity index (χ0v) is 29.9. The van der Waals surface area contributed by atoms with Crippen LogP contribution in [0, 0.1) is 11.8 Å². The van der Waals surface area contributed by atoms with Crippen LogP contribution in [0.15, 0.2) is 30.6 Å². The Morgan fingerprint density at radius 3 is 2.46 bits per heavy atom. The minimum atomic E-state index is -2.91. The second-order valence-corrected chi connectivity index (χ2v) is 14.2. The van der Waals surface area contributed by atoms with Crippen molar-refractivity contribution in [2.75, 3.05) is 20.2 Å². The average Bonchev–Trinajstić information content (AvgIpc) is 3.64. The predicted octanol–water partition coefficient (Wildman–Crippen LogP) is 3.80. The summed E-state index contributed by atoms with van der Waals surface area (Å²) in [6.45, 7) is 13.7. The van der Waals surface area contributed by atoms with Crippen LogP contribution in [0.2, 0.25) is 5.82 Å². The van der Waals surface area contributed by atoms with Crippen molar-refractivity contribution in [2.24, 2.45) is 11.8 Å². The fraction of sp³-hybridized carbons (Fsp3) is 0.706. The number of hydrogen-bond donors (Lipinski definition) is 1. The van der Waals surface area contributed by atoms with E-state index in [0.717, 1.165) is 12.6 Å². The van der Waals surface area contributed by atoms with E-state index < -0.39 is 58.6 Å². The van der Waals surface area contributed by atoms with Crippen LogP contribution in [0.1, 0.15) is 74.1 Å². The number of pyridine rings is 1. The number of methoxy groups -OCH3 is 1. The number of nitrogens with one attached hydrogen (secondary N) is 1. The first-order valence-electron chi connectivity index (χ1n) is 17.1. The maximum atomic E-state index is 16.2. The number of Topliss-reactive ketones (excluding diaryl/α,β-unsaturated/α-hetero) is 1. The third-order valence-corrected chi connectivity index (χ3v) is 10.7. The molecule has 0 unspecified atom stereocenters. The first-order valence-corrected chi connectivity index (χ1v) is 17.1. The van der Waals surface area contributed by atoms with E-state index in [1.54, 1.807) is 43.7 Å². The lowest BCUT2D eigenvalue weighted by Gasteiger charge is -2.41. The Balaban J connectivity index is 1.57. The van der Waals surface area contributed by atoms with Crippen molar-refractivity contribution in [3.63, 3.8) is 0 Å². The van der Waals surface area contributed by atoms with E-state index in [0.29, 0.717) is 44.6 Å². The number of carbonyl (C=O) groups excluding carboxylic acids is 3. The van der Waals surface area contributed by atoms with Gasteiger partial charge in [0, 0.05) is 38.4 Å². The van der Waals surface area contributed by atoms with Crippen molar-refractivity contribution >= 4 is 25.7 Å². The first kappa shape index (κ1) is 37.4. The summed E-state index contributed by atoms with van der Waals surface area (Å²) >= 11 is 0. The number of ketones is 1. The fourth-order valence-electron chi connectivity index (χ4n) is 7.43. The van der Waals surface area contributed by atoms with Gasteiger partial charge in [0.15, 0.2) is 11.4 Å². The van der Waals surface area contributed by atoms with E-state index in [1.165, 1.54) is 0 Å². The molecule has 0 spiro atoms. The molecule has 2 saturated heterocycles. The summed E-state index contributed by atoms with van der Waals surface area (Å²) in [6.07, 6.45) is 4.18. The highest BCUT2D eigenvalue weighted by Gasteiger charge is 2.59. The molecule has 4 heterocycles. The molecule has 1 amide bonds. The molecule has 1 N–H and O–H groups in total.